The second kappa shape index (κ2) is 4.96. The molecule has 0 spiro atoms. The first-order chi connectivity index (χ1) is 8.83. The molecular formula is C15H15NOS. The quantitative estimate of drug-likeness (QED) is 0.752. The largest absolute Gasteiger partial charge is 0.460 e. The number of benzene rings is 1. The molecule has 2 nitrogen and oxygen atoms in total. The van der Waals surface area contributed by atoms with Crippen LogP contribution in [0.5, 0.6) is 0 Å². The van der Waals surface area contributed by atoms with Crippen LogP contribution in [0.2, 0.25) is 0 Å². The summed E-state index contributed by atoms with van der Waals surface area (Å²) >= 11 is 1.78. The maximum atomic E-state index is 5.78. The third-order valence-corrected chi connectivity index (χ3v) is 4.08. The normalized spacial score (nSPS) is 12.9. The fourth-order valence-corrected chi connectivity index (χ4v) is 2.77. The molecule has 0 aliphatic rings. The van der Waals surface area contributed by atoms with Crippen LogP contribution in [0.4, 0.5) is 0 Å². The van der Waals surface area contributed by atoms with E-state index in [1.54, 1.807) is 11.3 Å². The molecule has 0 aliphatic heterocycles. The Bertz CT molecular complexity index is 594. The van der Waals surface area contributed by atoms with Crippen LogP contribution in [-0.2, 0) is 6.54 Å². The number of fused-ring (bicyclic) bond motifs is 1. The summed E-state index contributed by atoms with van der Waals surface area (Å²) in [5, 5.41) is 6.75. The Morgan fingerprint density at radius 1 is 1.22 bits per heavy atom. The minimum Gasteiger partial charge on any atom is -0.460 e. The predicted molar refractivity (Wildman–Crippen MR) is 75.8 cm³/mol. The molecule has 1 atom stereocenters. The van der Waals surface area contributed by atoms with Gasteiger partial charge in [0.1, 0.15) is 11.3 Å². The van der Waals surface area contributed by atoms with Crippen molar-refractivity contribution in [3.05, 3.63) is 58.5 Å². The monoisotopic (exact) mass is 257 g/mol. The Labute approximate surface area is 110 Å². The van der Waals surface area contributed by atoms with Gasteiger partial charge < -0.3 is 9.73 Å². The van der Waals surface area contributed by atoms with Crippen molar-refractivity contribution in [3.63, 3.8) is 0 Å². The second-order valence-corrected chi connectivity index (χ2v) is 5.35. The van der Waals surface area contributed by atoms with Gasteiger partial charge in [0.15, 0.2) is 0 Å². The number of hydrogen-bond acceptors (Lipinski definition) is 3. The predicted octanol–water partition coefficient (Wildman–Crippen LogP) is 4.35. The van der Waals surface area contributed by atoms with Gasteiger partial charge >= 0.3 is 0 Å². The van der Waals surface area contributed by atoms with Gasteiger partial charge in [-0.25, -0.2) is 0 Å². The molecule has 3 aromatic rings. The molecule has 3 heteroatoms. The van der Waals surface area contributed by atoms with Gasteiger partial charge in [-0.1, -0.05) is 24.3 Å². The SMILES string of the molecule is C[C@H](NCc1cc2ccccc2o1)c1cccs1. The third-order valence-electron chi connectivity index (χ3n) is 3.03. The zero-order chi connectivity index (χ0) is 12.4. The number of nitrogens with one attached hydrogen (secondary N) is 1. The highest BCUT2D eigenvalue weighted by Crippen LogP contribution is 2.21. The summed E-state index contributed by atoms with van der Waals surface area (Å²) in [7, 11) is 0. The molecule has 18 heavy (non-hydrogen) atoms. The standard InChI is InChI=1S/C15H15NOS/c1-11(15-7-4-8-18-15)16-10-13-9-12-5-2-3-6-14(12)17-13/h2-9,11,16H,10H2,1H3/t11-/m0/s1. The van der Waals surface area contributed by atoms with Crippen molar-refractivity contribution < 1.29 is 4.42 Å². The van der Waals surface area contributed by atoms with Gasteiger partial charge in [0.2, 0.25) is 0 Å². The second-order valence-electron chi connectivity index (χ2n) is 4.37. The maximum Gasteiger partial charge on any atom is 0.134 e. The Balaban J connectivity index is 1.69. The third kappa shape index (κ3) is 2.33. The summed E-state index contributed by atoms with van der Waals surface area (Å²) in [6.07, 6.45) is 0. The maximum absolute atomic E-state index is 5.78. The van der Waals surface area contributed by atoms with Crippen molar-refractivity contribution in [3.8, 4) is 0 Å². The zero-order valence-corrected chi connectivity index (χ0v) is 11.0. The fraction of sp³-hybridized carbons (Fsp3) is 0.200. The number of para-hydroxylation sites is 1. The Morgan fingerprint density at radius 2 is 2.11 bits per heavy atom. The van der Waals surface area contributed by atoms with E-state index in [2.05, 4.69) is 41.9 Å². The van der Waals surface area contributed by atoms with E-state index in [4.69, 9.17) is 4.42 Å². The van der Waals surface area contributed by atoms with E-state index in [1.165, 1.54) is 4.88 Å². The molecule has 0 radical (unpaired) electrons. The average molecular weight is 257 g/mol. The van der Waals surface area contributed by atoms with Gasteiger partial charge in [-0.2, -0.15) is 0 Å². The highest BCUT2D eigenvalue weighted by atomic mass is 32.1. The molecule has 3 rings (SSSR count). The molecule has 0 saturated heterocycles. The van der Waals surface area contributed by atoms with E-state index in [0.29, 0.717) is 6.04 Å². The van der Waals surface area contributed by atoms with Crippen LogP contribution in [0, 0.1) is 0 Å². The van der Waals surface area contributed by atoms with E-state index < -0.39 is 0 Å². The Kier molecular flexibility index (Phi) is 3.17. The number of hydrogen-bond donors (Lipinski definition) is 1. The number of thiophene rings is 1. The Hall–Kier alpha value is -1.58. The molecule has 0 bridgehead atoms. The number of furan rings is 1. The minimum atomic E-state index is 0.359. The average Bonchev–Trinajstić information content (AvgIpc) is 3.04. The summed E-state index contributed by atoms with van der Waals surface area (Å²) in [5.74, 6) is 0.986. The van der Waals surface area contributed by atoms with Crippen molar-refractivity contribution in [1.82, 2.24) is 5.32 Å². The zero-order valence-electron chi connectivity index (χ0n) is 10.2. The lowest BCUT2D eigenvalue weighted by Crippen LogP contribution is -2.16. The van der Waals surface area contributed by atoms with E-state index >= 15 is 0 Å². The van der Waals surface area contributed by atoms with Crippen molar-refractivity contribution in [2.24, 2.45) is 0 Å². The topological polar surface area (TPSA) is 25.2 Å². The molecule has 0 fully saturated rings. The minimum absolute atomic E-state index is 0.359. The first kappa shape index (κ1) is 11.5. The Morgan fingerprint density at radius 3 is 2.89 bits per heavy atom. The van der Waals surface area contributed by atoms with Gasteiger partial charge in [0, 0.05) is 16.3 Å². The highest BCUT2D eigenvalue weighted by Gasteiger charge is 2.07. The molecule has 0 saturated carbocycles. The lowest BCUT2D eigenvalue weighted by molar-refractivity contribution is 0.485. The molecule has 1 aromatic carbocycles. The van der Waals surface area contributed by atoms with Gasteiger partial charge in [0.25, 0.3) is 0 Å². The smallest absolute Gasteiger partial charge is 0.134 e. The van der Waals surface area contributed by atoms with Crippen LogP contribution < -0.4 is 5.32 Å². The summed E-state index contributed by atoms with van der Waals surface area (Å²) in [6.45, 7) is 2.93. The van der Waals surface area contributed by atoms with Gasteiger partial charge in [-0.3, -0.25) is 0 Å². The molecule has 92 valence electrons. The van der Waals surface area contributed by atoms with E-state index in [0.717, 1.165) is 23.3 Å². The van der Waals surface area contributed by atoms with Crippen molar-refractivity contribution >= 4 is 22.3 Å². The summed E-state index contributed by atoms with van der Waals surface area (Å²) in [6, 6.07) is 14.8. The number of rotatable bonds is 4. The first-order valence-electron chi connectivity index (χ1n) is 6.07. The lowest BCUT2D eigenvalue weighted by Gasteiger charge is -2.10. The molecular weight excluding hydrogens is 242 g/mol. The molecule has 1 N–H and O–H groups in total. The van der Waals surface area contributed by atoms with Crippen LogP contribution in [-0.4, -0.2) is 0 Å². The summed E-state index contributed by atoms with van der Waals surface area (Å²) in [4.78, 5) is 1.35. The van der Waals surface area contributed by atoms with Gasteiger partial charge in [0.05, 0.1) is 6.54 Å². The summed E-state index contributed by atoms with van der Waals surface area (Å²) in [5.41, 5.74) is 0.957. The molecule has 2 aromatic heterocycles. The van der Waals surface area contributed by atoms with Crippen molar-refractivity contribution in [2.75, 3.05) is 0 Å². The van der Waals surface area contributed by atoms with Gasteiger partial charge in [-0.15, -0.1) is 11.3 Å². The molecule has 0 amide bonds. The van der Waals surface area contributed by atoms with E-state index in [1.807, 2.05) is 18.2 Å². The van der Waals surface area contributed by atoms with E-state index in [9.17, 15) is 0 Å². The van der Waals surface area contributed by atoms with Crippen LogP contribution >= 0.6 is 11.3 Å². The van der Waals surface area contributed by atoms with E-state index in [-0.39, 0.29) is 0 Å². The molecule has 2 heterocycles. The molecule has 0 unspecified atom stereocenters. The van der Waals surface area contributed by atoms with Crippen LogP contribution in [0.1, 0.15) is 23.6 Å². The van der Waals surface area contributed by atoms with Crippen molar-refractivity contribution in [2.45, 2.75) is 19.5 Å². The first-order valence-corrected chi connectivity index (χ1v) is 6.95. The van der Waals surface area contributed by atoms with Crippen LogP contribution in [0.15, 0.2) is 52.3 Å². The molecule has 0 aliphatic carbocycles. The van der Waals surface area contributed by atoms with Gasteiger partial charge in [-0.05, 0) is 30.5 Å². The summed E-state index contributed by atoms with van der Waals surface area (Å²) < 4.78 is 5.78. The lowest BCUT2D eigenvalue weighted by atomic mass is 10.2. The van der Waals surface area contributed by atoms with Crippen molar-refractivity contribution in [1.29, 1.82) is 0 Å². The van der Waals surface area contributed by atoms with Crippen LogP contribution in [0.25, 0.3) is 11.0 Å². The fourth-order valence-electron chi connectivity index (χ4n) is 2.02. The van der Waals surface area contributed by atoms with Crippen LogP contribution in [0.3, 0.4) is 0 Å². The highest BCUT2D eigenvalue weighted by molar-refractivity contribution is 7.10.